The van der Waals surface area contributed by atoms with E-state index in [2.05, 4.69) is 9.97 Å². The van der Waals surface area contributed by atoms with Gasteiger partial charge in [-0.15, -0.1) is 0 Å². The van der Waals surface area contributed by atoms with Crippen molar-refractivity contribution in [3.8, 4) is 0 Å². The molecule has 142 valence electrons. The molecule has 1 unspecified atom stereocenters. The Morgan fingerprint density at radius 1 is 1.33 bits per heavy atom. The first-order valence-electron chi connectivity index (χ1n) is 8.68. The molecule has 3 heterocycles. The molecule has 1 saturated heterocycles. The highest BCUT2D eigenvalue weighted by Gasteiger charge is 2.35. The summed E-state index contributed by atoms with van der Waals surface area (Å²) in [7, 11) is -3.74. The van der Waals surface area contributed by atoms with Crippen molar-refractivity contribution in [1.82, 2.24) is 18.8 Å². The van der Waals surface area contributed by atoms with E-state index in [1.807, 2.05) is 23.6 Å². The summed E-state index contributed by atoms with van der Waals surface area (Å²) in [5.74, 6) is 0.185. The minimum Gasteiger partial charge on any atom is -0.313 e. The van der Waals surface area contributed by atoms with Crippen LogP contribution in [-0.2, 0) is 16.6 Å². The third-order valence-electron chi connectivity index (χ3n) is 4.89. The number of hydrogen-bond donors (Lipinski definition) is 0. The predicted octanol–water partition coefficient (Wildman–Crippen LogP) is 3.42. The maximum absolute atomic E-state index is 13.4. The van der Waals surface area contributed by atoms with Crippen LogP contribution in [0.15, 0.2) is 41.4 Å². The molecule has 0 spiro atoms. The second-order valence-corrected chi connectivity index (χ2v) is 8.83. The number of aromatic nitrogens is 3. The number of halogens is 2. The number of fused-ring (bicyclic) bond motifs is 1. The van der Waals surface area contributed by atoms with Gasteiger partial charge in [0.25, 0.3) is 0 Å². The minimum atomic E-state index is -3.74. The van der Waals surface area contributed by atoms with Gasteiger partial charge in [0, 0.05) is 31.7 Å². The van der Waals surface area contributed by atoms with Crippen molar-refractivity contribution >= 4 is 32.8 Å². The Kier molecular flexibility index (Phi) is 4.65. The van der Waals surface area contributed by atoms with Gasteiger partial charge in [0.2, 0.25) is 10.0 Å². The molecule has 1 atom stereocenters. The van der Waals surface area contributed by atoms with Gasteiger partial charge >= 0.3 is 0 Å². The normalized spacial score (nSPS) is 18.4. The van der Waals surface area contributed by atoms with Crippen LogP contribution in [0.3, 0.4) is 0 Å². The highest BCUT2D eigenvalue weighted by Crippen LogP contribution is 2.33. The second-order valence-electron chi connectivity index (χ2n) is 6.48. The fourth-order valence-corrected chi connectivity index (χ4v) is 5.32. The van der Waals surface area contributed by atoms with Gasteiger partial charge in [-0.05, 0) is 43.7 Å². The molecule has 1 aromatic carbocycles. The lowest BCUT2D eigenvalue weighted by Gasteiger charge is -2.17. The van der Waals surface area contributed by atoms with Crippen molar-refractivity contribution in [2.75, 3.05) is 13.1 Å². The first-order chi connectivity index (χ1) is 12.9. The SMILES string of the molecule is CCn1c(C2CCN(S(=O)(=O)c3ccc(F)c(Cl)c3)C2)nc2cccnc21. The van der Waals surface area contributed by atoms with Crippen LogP contribution in [0.25, 0.3) is 11.2 Å². The molecule has 9 heteroatoms. The number of imidazole rings is 1. The highest BCUT2D eigenvalue weighted by molar-refractivity contribution is 7.89. The number of hydrogen-bond acceptors (Lipinski definition) is 4. The average Bonchev–Trinajstić information content (AvgIpc) is 3.28. The smallest absolute Gasteiger partial charge is 0.243 e. The summed E-state index contributed by atoms with van der Waals surface area (Å²) in [5, 5.41) is -0.203. The lowest BCUT2D eigenvalue weighted by atomic mass is 10.1. The van der Waals surface area contributed by atoms with Gasteiger partial charge < -0.3 is 4.57 Å². The molecule has 3 aromatic rings. The van der Waals surface area contributed by atoms with E-state index >= 15 is 0 Å². The zero-order valence-electron chi connectivity index (χ0n) is 14.6. The Bertz CT molecular complexity index is 1120. The zero-order chi connectivity index (χ0) is 19.2. The van der Waals surface area contributed by atoms with Crippen molar-refractivity contribution in [2.45, 2.75) is 30.7 Å². The Morgan fingerprint density at radius 2 is 2.15 bits per heavy atom. The maximum atomic E-state index is 13.4. The summed E-state index contributed by atoms with van der Waals surface area (Å²) >= 11 is 5.76. The van der Waals surface area contributed by atoms with Gasteiger partial charge in [0.1, 0.15) is 17.2 Å². The molecule has 27 heavy (non-hydrogen) atoms. The van der Waals surface area contributed by atoms with Crippen LogP contribution < -0.4 is 0 Å². The van der Waals surface area contributed by atoms with E-state index in [1.165, 1.54) is 10.4 Å². The van der Waals surface area contributed by atoms with Gasteiger partial charge in [-0.3, -0.25) is 0 Å². The molecule has 0 aliphatic carbocycles. The second kappa shape index (κ2) is 6.85. The quantitative estimate of drug-likeness (QED) is 0.663. The van der Waals surface area contributed by atoms with E-state index in [9.17, 15) is 12.8 Å². The summed E-state index contributed by atoms with van der Waals surface area (Å²) in [6.45, 7) is 3.42. The van der Waals surface area contributed by atoms with Gasteiger partial charge in [-0.2, -0.15) is 4.31 Å². The zero-order valence-corrected chi connectivity index (χ0v) is 16.2. The van der Waals surface area contributed by atoms with Crippen molar-refractivity contribution in [3.05, 3.63) is 53.2 Å². The number of sulfonamides is 1. The summed E-state index contributed by atoms with van der Waals surface area (Å²) in [6, 6.07) is 7.22. The molecule has 4 rings (SSSR count). The van der Waals surface area contributed by atoms with Crippen molar-refractivity contribution in [3.63, 3.8) is 0 Å². The number of aryl methyl sites for hydroxylation is 1. The van der Waals surface area contributed by atoms with E-state index < -0.39 is 15.8 Å². The molecule has 1 aliphatic heterocycles. The molecule has 1 aliphatic rings. The Balaban J connectivity index is 1.64. The van der Waals surface area contributed by atoms with Gasteiger partial charge in [-0.1, -0.05) is 11.6 Å². The Labute approximate surface area is 161 Å². The largest absolute Gasteiger partial charge is 0.313 e. The van der Waals surface area contributed by atoms with Crippen LogP contribution in [0.4, 0.5) is 4.39 Å². The molecule has 0 amide bonds. The number of benzene rings is 1. The van der Waals surface area contributed by atoms with Crippen molar-refractivity contribution < 1.29 is 12.8 Å². The molecule has 0 saturated carbocycles. The minimum absolute atomic E-state index is 0.000195. The molecule has 0 N–H and O–H groups in total. The van der Waals surface area contributed by atoms with Crippen LogP contribution in [0.1, 0.15) is 25.1 Å². The maximum Gasteiger partial charge on any atom is 0.243 e. The van der Waals surface area contributed by atoms with Gasteiger partial charge in [0.05, 0.1) is 9.92 Å². The molecular weight excluding hydrogens is 391 g/mol. The lowest BCUT2D eigenvalue weighted by Crippen LogP contribution is -2.29. The molecule has 2 aromatic heterocycles. The summed E-state index contributed by atoms with van der Waals surface area (Å²) in [5.41, 5.74) is 1.61. The van der Waals surface area contributed by atoms with E-state index in [0.717, 1.165) is 29.1 Å². The van der Waals surface area contributed by atoms with E-state index in [4.69, 9.17) is 11.6 Å². The molecule has 0 bridgehead atoms. The van der Waals surface area contributed by atoms with Crippen LogP contribution in [0.5, 0.6) is 0 Å². The monoisotopic (exact) mass is 408 g/mol. The molecule has 1 fully saturated rings. The predicted molar refractivity (Wildman–Crippen MR) is 101 cm³/mol. The fraction of sp³-hybridized carbons (Fsp3) is 0.333. The van der Waals surface area contributed by atoms with E-state index in [1.54, 1.807) is 6.20 Å². The van der Waals surface area contributed by atoms with Crippen LogP contribution in [-0.4, -0.2) is 40.3 Å². The summed E-state index contributed by atoms with van der Waals surface area (Å²) in [4.78, 5) is 9.08. The van der Waals surface area contributed by atoms with Crippen LogP contribution >= 0.6 is 11.6 Å². The Hall–Kier alpha value is -2.03. The molecule has 6 nitrogen and oxygen atoms in total. The Morgan fingerprint density at radius 3 is 2.89 bits per heavy atom. The number of rotatable bonds is 4. The van der Waals surface area contributed by atoms with E-state index in [-0.39, 0.29) is 15.8 Å². The van der Waals surface area contributed by atoms with Gasteiger partial charge in [-0.25, -0.2) is 22.8 Å². The standard InChI is InChI=1S/C18H18ClFN4O2S/c1-2-24-17(22-16-4-3-8-21-18(16)24)12-7-9-23(11-12)27(25,26)13-5-6-15(20)14(19)10-13/h3-6,8,10,12H,2,7,9,11H2,1H3. The van der Waals surface area contributed by atoms with Crippen molar-refractivity contribution in [1.29, 1.82) is 0 Å². The van der Waals surface area contributed by atoms with Gasteiger partial charge in [0.15, 0.2) is 5.65 Å². The van der Waals surface area contributed by atoms with Crippen molar-refractivity contribution in [2.24, 2.45) is 0 Å². The van der Waals surface area contributed by atoms with Crippen LogP contribution in [0.2, 0.25) is 5.02 Å². The summed E-state index contributed by atoms with van der Waals surface area (Å²) < 4.78 is 42.6. The first kappa shape index (κ1) is 18.3. The third-order valence-corrected chi connectivity index (χ3v) is 7.05. The van der Waals surface area contributed by atoms with E-state index in [0.29, 0.717) is 26.1 Å². The first-order valence-corrected chi connectivity index (χ1v) is 10.5. The summed E-state index contributed by atoms with van der Waals surface area (Å²) in [6.07, 6.45) is 2.39. The average molecular weight is 409 g/mol. The lowest BCUT2D eigenvalue weighted by molar-refractivity contribution is 0.469. The topological polar surface area (TPSA) is 68.1 Å². The number of nitrogens with zero attached hydrogens (tertiary/aromatic N) is 4. The fourth-order valence-electron chi connectivity index (χ4n) is 3.54. The molecular formula is C18H18ClFN4O2S. The van der Waals surface area contributed by atoms with Crippen LogP contribution in [0, 0.1) is 5.82 Å². The highest BCUT2D eigenvalue weighted by atomic mass is 35.5. The third kappa shape index (κ3) is 3.11. The molecule has 0 radical (unpaired) electrons. The number of pyridine rings is 1.